The minimum atomic E-state index is 0.942. The van der Waals surface area contributed by atoms with E-state index in [1.807, 2.05) is 0 Å². The summed E-state index contributed by atoms with van der Waals surface area (Å²) in [5.41, 5.74) is 3.11. The van der Waals surface area contributed by atoms with Crippen LogP contribution in [0.4, 0.5) is 0 Å². The number of hydrogen-bond acceptors (Lipinski definition) is 2. The summed E-state index contributed by atoms with van der Waals surface area (Å²) in [6.07, 6.45) is 2.67. The van der Waals surface area contributed by atoms with Crippen LogP contribution in [0.1, 0.15) is 17.5 Å². The molecule has 2 aliphatic rings. The van der Waals surface area contributed by atoms with Crippen molar-refractivity contribution in [2.24, 2.45) is 11.8 Å². The largest absolute Gasteiger partial charge is 0.319 e. The van der Waals surface area contributed by atoms with Gasteiger partial charge in [0.05, 0.1) is 0 Å². The molecule has 0 radical (unpaired) electrons. The molecular weight excluding hydrogens is 208 g/mol. The predicted molar refractivity (Wildman–Crippen MR) is 70.9 cm³/mol. The number of nitrogens with zero attached hydrogens (tertiary/aromatic N) is 1. The molecule has 17 heavy (non-hydrogen) atoms. The molecule has 1 fully saturated rings. The van der Waals surface area contributed by atoms with Gasteiger partial charge < -0.3 is 5.32 Å². The van der Waals surface area contributed by atoms with Crippen molar-refractivity contribution in [3.05, 3.63) is 35.4 Å². The summed E-state index contributed by atoms with van der Waals surface area (Å²) in [6.45, 7) is 4.93. The second kappa shape index (κ2) is 4.79. The van der Waals surface area contributed by atoms with Gasteiger partial charge in [-0.05, 0) is 49.4 Å². The van der Waals surface area contributed by atoms with Gasteiger partial charge in [0.25, 0.3) is 0 Å². The van der Waals surface area contributed by atoms with Crippen molar-refractivity contribution in [2.45, 2.75) is 19.4 Å². The molecule has 2 atom stereocenters. The van der Waals surface area contributed by atoms with Crippen LogP contribution in [0.15, 0.2) is 24.3 Å². The predicted octanol–water partition coefficient (Wildman–Crippen LogP) is 1.90. The lowest BCUT2D eigenvalue weighted by Crippen LogP contribution is -2.32. The number of rotatable bonds is 4. The molecule has 1 heterocycles. The first-order chi connectivity index (χ1) is 8.36. The molecule has 1 aliphatic heterocycles. The maximum atomic E-state index is 3.29. The Morgan fingerprint density at radius 2 is 2.06 bits per heavy atom. The molecular formula is C15H22N2. The first-order valence-corrected chi connectivity index (χ1v) is 6.80. The van der Waals surface area contributed by atoms with E-state index in [2.05, 4.69) is 41.5 Å². The van der Waals surface area contributed by atoms with E-state index in [0.29, 0.717) is 0 Å². The van der Waals surface area contributed by atoms with Crippen LogP contribution in [0, 0.1) is 11.8 Å². The Balaban J connectivity index is 1.55. The first-order valence-electron chi connectivity index (χ1n) is 6.80. The maximum Gasteiger partial charge on any atom is 0.0236 e. The number of benzene rings is 1. The lowest BCUT2D eigenvalue weighted by atomic mass is 10.00. The molecule has 2 nitrogen and oxygen atoms in total. The number of nitrogens with one attached hydrogen (secondary N) is 1. The molecule has 0 spiro atoms. The SMILES string of the molecule is CNC[C@@H]1C[C@@H]1CN1CCc2ccccc2C1. The average molecular weight is 230 g/mol. The third-order valence-electron chi connectivity index (χ3n) is 4.24. The van der Waals surface area contributed by atoms with Crippen LogP contribution in [0.2, 0.25) is 0 Å². The zero-order valence-electron chi connectivity index (χ0n) is 10.7. The summed E-state index contributed by atoms with van der Waals surface area (Å²) >= 11 is 0. The maximum absolute atomic E-state index is 3.29. The molecule has 1 aromatic rings. The fourth-order valence-corrected chi connectivity index (χ4v) is 3.09. The lowest BCUT2D eigenvalue weighted by molar-refractivity contribution is 0.239. The third kappa shape index (κ3) is 2.53. The molecule has 0 bridgehead atoms. The van der Waals surface area contributed by atoms with Gasteiger partial charge in [-0.3, -0.25) is 4.90 Å². The van der Waals surface area contributed by atoms with Crippen LogP contribution >= 0.6 is 0 Å². The third-order valence-corrected chi connectivity index (χ3v) is 4.24. The normalized spacial score (nSPS) is 27.8. The highest BCUT2D eigenvalue weighted by molar-refractivity contribution is 5.29. The van der Waals surface area contributed by atoms with Gasteiger partial charge in [0.15, 0.2) is 0 Å². The van der Waals surface area contributed by atoms with Gasteiger partial charge in [0.1, 0.15) is 0 Å². The molecule has 1 N–H and O–H groups in total. The van der Waals surface area contributed by atoms with Crippen molar-refractivity contribution in [1.82, 2.24) is 10.2 Å². The minimum absolute atomic E-state index is 0.942. The minimum Gasteiger partial charge on any atom is -0.319 e. The number of fused-ring (bicyclic) bond motifs is 1. The van der Waals surface area contributed by atoms with E-state index in [1.54, 1.807) is 11.1 Å². The molecule has 1 aliphatic carbocycles. The second-order valence-corrected chi connectivity index (χ2v) is 5.57. The van der Waals surface area contributed by atoms with E-state index in [0.717, 1.165) is 11.8 Å². The zero-order chi connectivity index (χ0) is 11.7. The van der Waals surface area contributed by atoms with Gasteiger partial charge in [-0.25, -0.2) is 0 Å². The van der Waals surface area contributed by atoms with Gasteiger partial charge in [-0.1, -0.05) is 24.3 Å². The summed E-state index contributed by atoms with van der Waals surface area (Å²) in [6, 6.07) is 8.91. The molecule has 92 valence electrons. The van der Waals surface area contributed by atoms with Crippen LogP contribution < -0.4 is 5.32 Å². The highest BCUT2D eigenvalue weighted by Crippen LogP contribution is 2.39. The van der Waals surface area contributed by atoms with Crippen molar-refractivity contribution >= 4 is 0 Å². The Morgan fingerprint density at radius 3 is 2.88 bits per heavy atom. The Hall–Kier alpha value is -0.860. The molecule has 0 aromatic heterocycles. The summed E-state index contributed by atoms with van der Waals surface area (Å²) in [4.78, 5) is 2.64. The zero-order valence-corrected chi connectivity index (χ0v) is 10.7. The van der Waals surface area contributed by atoms with Crippen LogP contribution in [0.3, 0.4) is 0 Å². The van der Waals surface area contributed by atoms with Gasteiger partial charge in [0, 0.05) is 19.6 Å². The Morgan fingerprint density at radius 1 is 1.24 bits per heavy atom. The summed E-state index contributed by atoms with van der Waals surface area (Å²) in [5, 5.41) is 3.29. The second-order valence-electron chi connectivity index (χ2n) is 5.57. The van der Waals surface area contributed by atoms with E-state index in [1.165, 1.54) is 39.0 Å². The van der Waals surface area contributed by atoms with Gasteiger partial charge in [-0.15, -0.1) is 0 Å². The van der Waals surface area contributed by atoms with Crippen LogP contribution in [-0.2, 0) is 13.0 Å². The molecule has 1 saturated carbocycles. The molecule has 1 aromatic carbocycles. The molecule has 0 amide bonds. The molecule has 0 saturated heterocycles. The fraction of sp³-hybridized carbons (Fsp3) is 0.600. The van der Waals surface area contributed by atoms with E-state index in [4.69, 9.17) is 0 Å². The molecule has 3 rings (SSSR count). The highest BCUT2D eigenvalue weighted by Gasteiger charge is 2.37. The van der Waals surface area contributed by atoms with Crippen LogP contribution in [0.25, 0.3) is 0 Å². The first kappa shape index (κ1) is 11.2. The number of hydrogen-bond donors (Lipinski definition) is 1. The summed E-state index contributed by atoms with van der Waals surface area (Å²) in [5.74, 6) is 1.89. The van der Waals surface area contributed by atoms with Crippen LogP contribution in [-0.4, -0.2) is 31.6 Å². The van der Waals surface area contributed by atoms with Gasteiger partial charge >= 0.3 is 0 Å². The molecule has 0 unspecified atom stereocenters. The van der Waals surface area contributed by atoms with Crippen LogP contribution in [0.5, 0.6) is 0 Å². The molecule has 2 heteroatoms. The quantitative estimate of drug-likeness (QED) is 0.850. The van der Waals surface area contributed by atoms with Crippen molar-refractivity contribution < 1.29 is 0 Å². The van der Waals surface area contributed by atoms with Crippen molar-refractivity contribution in [3.8, 4) is 0 Å². The van der Waals surface area contributed by atoms with E-state index in [9.17, 15) is 0 Å². The Labute approximate surface area is 104 Å². The topological polar surface area (TPSA) is 15.3 Å². The van der Waals surface area contributed by atoms with Gasteiger partial charge in [0.2, 0.25) is 0 Å². The average Bonchev–Trinajstić information content (AvgIpc) is 3.08. The Kier molecular flexibility index (Phi) is 3.17. The smallest absolute Gasteiger partial charge is 0.0236 e. The van der Waals surface area contributed by atoms with E-state index in [-0.39, 0.29) is 0 Å². The Bertz CT molecular complexity index is 388. The standard InChI is InChI=1S/C15H22N2/c1-16-9-14-8-15(14)11-17-7-6-12-4-2-3-5-13(12)10-17/h2-5,14-16H,6-11H2,1H3/t14-,15+/m0/s1. The monoisotopic (exact) mass is 230 g/mol. The lowest BCUT2D eigenvalue weighted by Gasteiger charge is -2.28. The van der Waals surface area contributed by atoms with Gasteiger partial charge in [-0.2, -0.15) is 0 Å². The van der Waals surface area contributed by atoms with Crippen molar-refractivity contribution in [1.29, 1.82) is 0 Å². The fourth-order valence-electron chi connectivity index (χ4n) is 3.09. The van der Waals surface area contributed by atoms with E-state index >= 15 is 0 Å². The van der Waals surface area contributed by atoms with Crippen molar-refractivity contribution in [3.63, 3.8) is 0 Å². The summed E-state index contributed by atoms with van der Waals surface area (Å²) in [7, 11) is 2.06. The van der Waals surface area contributed by atoms with Crippen molar-refractivity contribution in [2.75, 3.05) is 26.7 Å². The highest BCUT2D eigenvalue weighted by atomic mass is 15.1. The summed E-state index contributed by atoms with van der Waals surface area (Å²) < 4.78 is 0. The van der Waals surface area contributed by atoms with E-state index < -0.39 is 0 Å².